The summed E-state index contributed by atoms with van der Waals surface area (Å²) in [6.45, 7) is -0.0912. The summed E-state index contributed by atoms with van der Waals surface area (Å²) in [6.07, 6.45) is 2.83. The number of aromatic hydroxyl groups is 1. The SMILES string of the molecule is COCOc1ccc(/C=C/C(=O)c2c(O)cc(OCOC)cc2OCOC)c(OCOC)c1. The molecular formula is C23H28O10. The van der Waals surface area contributed by atoms with Gasteiger partial charge < -0.3 is 43.0 Å². The third-order valence-electron chi connectivity index (χ3n) is 4.05. The minimum atomic E-state index is -0.505. The molecule has 2 aromatic rings. The van der Waals surface area contributed by atoms with E-state index >= 15 is 0 Å². The maximum Gasteiger partial charge on any atom is 0.193 e. The molecule has 2 rings (SSSR count). The van der Waals surface area contributed by atoms with Crippen LogP contribution in [0, 0.1) is 0 Å². The topological polar surface area (TPSA) is 111 Å². The number of carbonyl (C=O) groups excluding carboxylic acids is 1. The molecular weight excluding hydrogens is 436 g/mol. The normalized spacial score (nSPS) is 10.9. The second kappa shape index (κ2) is 14.0. The van der Waals surface area contributed by atoms with Crippen molar-refractivity contribution >= 4 is 11.9 Å². The fourth-order valence-corrected chi connectivity index (χ4v) is 2.64. The van der Waals surface area contributed by atoms with Crippen molar-refractivity contribution < 1.29 is 47.8 Å². The smallest absolute Gasteiger partial charge is 0.193 e. The second-order valence-corrected chi connectivity index (χ2v) is 6.42. The van der Waals surface area contributed by atoms with Gasteiger partial charge >= 0.3 is 0 Å². The molecule has 0 unspecified atom stereocenters. The van der Waals surface area contributed by atoms with Crippen LogP contribution in [0.1, 0.15) is 15.9 Å². The van der Waals surface area contributed by atoms with Crippen molar-refractivity contribution in [3.05, 3.63) is 47.5 Å². The number of benzene rings is 2. The van der Waals surface area contributed by atoms with E-state index < -0.39 is 5.78 Å². The van der Waals surface area contributed by atoms with E-state index in [0.717, 1.165) is 0 Å². The lowest BCUT2D eigenvalue weighted by atomic mass is 10.1. The van der Waals surface area contributed by atoms with Gasteiger partial charge in [-0.25, -0.2) is 0 Å². The summed E-state index contributed by atoms with van der Waals surface area (Å²) in [7, 11) is 5.91. The fourth-order valence-electron chi connectivity index (χ4n) is 2.64. The highest BCUT2D eigenvalue weighted by atomic mass is 16.7. The van der Waals surface area contributed by atoms with Crippen LogP contribution in [0.3, 0.4) is 0 Å². The summed E-state index contributed by atoms with van der Waals surface area (Å²) < 4.78 is 41.4. The number of methoxy groups -OCH3 is 4. The van der Waals surface area contributed by atoms with Crippen molar-refractivity contribution in [3.63, 3.8) is 0 Å². The first kappa shape index (κ1) is 25.9. The van der Waals surface area contributed by atoms with Gasteiger partial charge in [-0.1, -0.05) is 0 Å². The molecule has 0 saturated heterocycles. The average molecular weight is 464 g/mol. The van der Waals surface area contributed by atoms with Crippen LogP contribution in [0.15, 0.2) is 36.4 Å². The maximum absolute atomic E-state index is 12.9. The van der Waals surface area contributed by atoms with Crippen LogP contribution >= 0.6 is 0 Å². The molecule has 0 aliphatic heterocycles. The summed E-state index contributed by atoms with van der Waals surface area (Å²) in [6, 6.07) is 7.83. The highest BCUT2D eigenvalue weighted by molar-refractivity contribution is 6.10. The van der Waals surface area contributed by atoms with Crippen molar-refractivity contribution in [2.75, 3.05) is 55.6 Å². The Morgan fingerprint density at radius 3 is 1.94 bits per heavy atom. The summed E-state index contributed by atoms with van der Waals surface area (Å²) >= 11 is 0. The highest BCUT2D eigenvalue weighted by Crippen LogP contribution is 2.35. The lowest BCUT2D eigenvalue weighted by molar-refractivity contribution is 0.0451. The van der Waals surface area contributed by atoms with E-state index in [4.69, 9.17) is 37.9 Å². The van der Waals surface area contributed by atoms with Crippen LogP contribution < -0.4 is 18.9 Å². The molecule has 0 amide bonds. The number of hydrogen-bond acceptors (Lipinski definition) is 10. The zero-order chi connectivity index (χ0) is 24.1. The number of phenols is 1. The number of ketones is 1. The first-order chi connectivity index (χ1) is 16.0. The first-order valence-corrected chi connectivity index (χ1v) is 9.74. The van der Waals surface area contributed by atoms with E-state index in [2.05, 4.69) is 0 Å². The van der Waals surface area contributed by atoms with E-state index in [1.807, 2.05) is 0 Å². The largest absolute Gasteiger partial charge is 0.507 e. The van der Waals surface area contributed by atoms with Gasteiger partial charge in [0, 0.05) is 52.2 Å². The van der Waals surface area contributed by atoms with Gasteiger partial charge in [0.2, 0.25) is 0 Å². The Bertz CT molecular complexity index is 926. The van der Waals surface area contributed by atoms with Gasteiger partial charge in [0.15, 0.2) is 33.0 Å². The van der Waals surface area contributed by atoms with E-state index in [0.29, 0.717) is 17.1 Å². The van der Waals surface area contributed by atoms with E-state index in [-0.39, 0.29) is 50.0 Å². The number of hydrogen-bond donors (Lipinski definition) is 1. The van der Waals surface area contributed by atoms with Crippen molar-refractivity contribution in [3.8, 4) is 28.7 Å². The molecule has 0 atom stereocenters. The van der Waals surface area contributed by atoms with Gasteiger partial charge in [0.25, 0.3) is 0 Å². The van der Waals surface area contributed by atoms with Crippen molar-refractivity contribution in [1.29, 1.82) is 0 Å². The maximum atomic E-state index is 12.9. The quantitative estimate of drug-likeness (QED) is 0.240. The molecule has 0 fully saturated rings. The number of allylic oxidation sites excluding steroid dienone is 1. The average Bonchev–Trinajstić information content (AvgIpc) is 2.82. The third-order valence-corrected chi connectivity index (χ3v) is 4.05. The number of phenolic OH excluding ortho intramolecular Hbond substituents is 1. The molecule has 0 aromatic heterocycles. The summed E-state index contributed by atoms with van der Waals surface area (Å²) in [5.41, 5.74) is 0.538. The number of ether oxygens (including phenoxy) is 8. The molecule has 180 valence electrons. The predicted molar refractivity (Wildman–Crippen MR) is 118 cm³/mol. The van der Waals surface area contributed by atoms with Crippen LogP contribution in [0.25, 0.3) is 6.08 Å². The molecule has 2 aromatic carbocycles. The lowest BCUT2D eigenvalue weighted by Gasteiger charge is -2.14. The van der Waals surface area contributed by atoms with E-state index in [1.165, 1.54) is 46.6 Å². The van der Waals surface area contributed by atoms with Crippen LogP contribution in [-0.2, 0) is 18.9 Å². The molecule has 10 nitrogen and oxygen atoms in total. The number of rotatable bonds is 15. The first-order valence-electron chi connectivity index (χ1n) is 9.74. The Morgan fingerprint density at radius 2 is 1.30 bits per heavy atom. The van der Waals surface area contributed by atoms with Gasteiger partial charge in [0.05, 0.1) is 0 Å². The number of carbonyl (C=O) groups is 1. The van der Waals surface area contributed by atoms with E-state index in [9.17, 15) is 9.90 Å². The molecule has 1 N–H and O–H groups in total. The van der Waals surface area contributed by atoms with Crippen molar-refractivity contribution in [2.45, 2.75) is 0 Å². The van der Waals surface area contributed by atoms with Crippen LogP contribution in [0.5, 0.6) is 28.7 Å². The monoisotopic (exact) mass is 464 g/mol. The molecule has 0 aliphatic rings. The second-order valence-electron chi connectivity index (χ2n) is 6.42. The Hall–Kier alpha value is -3.31. The molecule has 0 bridgehead atoms. The Labute approximate surface area is 192 Å². The Balaban J connectivity index is 2.32. The Morgan fingerprint density at radius 1 is 0.758 bits per heavy atom. The van der Waals surface area contributed by atoms with Crippen LogP contribution in [0.4, 0.5) is 0 Å². The molecule has 33 heavy (non-hydrogen) atoms. The van der Waals surface area contributed by atoms with Crippen LogP contribution in [-0.4, -0.2) is 66.5 Å². The van der Waals surface area contributed by atoms with Gasteiger partial charge in [-0.05, 0) is 24.3 Å². The predicted octanol–water partition coefficient (Wildman–Crippen LogP) is 3.22. The summed E-state index contributed by atoms with van der Waals surface area (Å²) in [5, 5.41) is 10.5. The minimum absolute atomic E-state index is 0.00124. The molecule has 10 heteroatoms. The van der Waals surface area contributed by atoms with Crippen LogP contribution in [0.2, 0.25) is 0 Å². The molecule has 0 aliphatic carbocycles. The standard InChI is InChI=1S/C23H28O10/c1-26-12-30-17-7-5-16(21(10-17)32-14-28-3)6-8-19(24)23-20(25)9-18(31-13-27-2)11-22(23)33-15-29-4/h5-11,25H,12-15H2,1-4H3/b8-6+. The van der Waals surface area contributed by atoms with Gasteiger partial charge in [-0.15, -0.1) is 0 Å². The molecule has 0 heterocycles. The summed E-state index contributed by atoms with van der Waals surface area (Å²) in [4.78, 5) is 12.9. The van der Waals surface area contributed by atoms with Gasteiger partial charge in [-0.2, -0.15) is 0 Å². The fraction of sp³-hybridized carbons (Fsp3) is 0.348. The van der Waals surface area contributed by atoms with Crippen molar-refractivity contribution in [1.82, 2.24) is 0 Å². The zero-order valence-corrected chi connectivity index (χ0v) is 19.0. The third kappa shape index (κ3) is 7.95. The highest BCUT2D eigenvalue weighted by Gasteiger charge is 2.19. The molecule has 0 spiro atoms. The summed E-state index contributed by atoms with van der Waals surface area (Å²) in [5.74, 6) is 0.487. The van der Waals surface area contributed by atoms with E-state index in [1.54, 1.807) is 24.3 Å². The molecule has 0 radical (unpaired) electrons. The van der Waals surface area contributed by atoms with Crippen molar-refractivity contribution in [2.24, 2.45) is 0 Å². The van der Waals surface area contributed by atoms with Gasteiger partial charge in [0.1, 0.15) is 34.3 Å². The van der Waals surface area contributed by atoms with Gasteiger partial charge in [-0.3, -0.25) is 4.79 Å². The Kier molecular flexibility index (Phi) is 11.0. The lowest BCUT2D eigenvalue weighted by Crippen LogP contribution is -2.07. The zero-order valence-electron chi connectivity index (χ0n) is 19.0. The molecule has 0 saturated carbocycles. The minimum Gasteiger partial charge on any atom is -0.507 e.